The van der Waals surface area contributed by atoms with Gasteiger partial charge in [0.25, 0.3) is 6.71 Å². The summed E-state index contributed by atoms with van der Waals surface area (Å²) in [6.45, 7) is 12.7. The third kappa shape index (κ3) is 8.28. The van der Waals surface area contributed by atoms with Crippen LogP contribution >= 0.6 is 0 Å². The third-order valence-corrected chi connectivity index (χ3v) is 22.5. The molecule has 490 valence electrons. The van der Waals surface area contributed by atoms with Crippen LogP contribution in [0, 0.1) is 0 Å². The molecule has 0 atom stereocenters. The highest BCUT2D eigenvalue weighted by Crippen LogP contribution is 2.51. The Morgan fingerprint density at radius 3 is 1.48 bits per heavy atom. The average molecular weight is 1340 g/mol. The van der Waals surface area contributed by atoms with Gasteiger partial charge in [0.2, 0.25) is 0 Å². The molecule has 0 fully saturated rings. The molecule has 0 amide bonds. The van der Waals surface area contributed by atoms with E-state index >= 15 is 0 Å². The van der Waals surface area contributed by atoms with E-state index in [0.29, 0.717) is 16.9 Å². The van der Waals surface area contributed by atoms with Crippen LogP contribution in [0.4, 0.5) is 17.1 Å². The second-order valence-corrected chi connectivity index (χ2v) is 30.2. The molecule has 20 aromatic rings. The van der Waals surface area contributed by atoms with Gasteiger partial charge in [-0.1, -0.05) is 260 Å². The Hall–Kier alpha value is -12.6. The van der Waals surface area contributed by atoms with Gasteiger partial charge in [0.15, 0.2) is 0 Å². The highest BCUT2D eigenvalue weighted by molar-refractivity contribution is 7.00. The molecular formula is C98H70BN5. The molecule has 0 bridgehead atoms. The Balaban J connectivity index is 0.963. The van der Waals surface area contributed by atoms with E-state index < -0.39 is 73.2 Å². The van der Waals surface area contributed by atoms with Crippen molar-refractivity contribution >= 4 is 165 Å². The lowest BCUT2D eigenvalue weighted by Crippen LogP contribution is -2.60. The first-order valence-corrected chi connectivity index (χ1v) is 35.6. The van der Waals surface area contributed by atoms with Crippen molar-refractivity contribution in [3.8, 4) is 39.3 Å². The van der Waals surface area contributed by atoms with Crippen molar-refractivity contribution in [2.24, 2.45) is 0 Å². The molecule has 0 unspecified atom stereocenters. The quantitative estimate of drug-likeness (QED) is 0.157. The summed E-state index contributed by atoms with van der Waals surface area (Å²) < 4.78 is 132. The van der Waals surface area contributed by atoms with Crippen LogP contribution in [0.2, 0.25) is 0 Å². The minimum absolute atomic E-state index is 0.0278. The van der Waals surface area contributed by atoms with Gasteiger partial charge >= 0.3 is 0 Å². The van der Waals surface area contributed by atoms with E-state index in [2.05, 4.69) is 248 Å². The predicted octanol–water partition coefficient (Wildman–Crippen LogP) is 24.1. The van der Waals surface area contributed by atoms with E-state index in [9.17, 15) is 13.7 Å². The molecule has 2 aliphatic rings. The SMILES string of the molecule is [2H]c1c([2H])c([2H])c(-c2cc3c4c(c2)c2cc(-n5c6ccc(C(C)(C)C)cc6c6cc(C(C)(C)C)ccc65)ccc2n4-c2cc4c(c5c2B3c2ccc(-n3c6c([2H])c([2H])c([2H])c([2H])c6c6c([2H])c([2H])c([2H])c([2H])c63)cc2N5c2ccc(-c3ccccc3)cc2)c2cccc3c5ccccc5c5ccccc5c5ccccc5n4c32)c([2H])c1[2H]. The van der Waals surface area contributed by atoms with Gasteiger partial charge in [-0.2, -0.15) is 0 Å². The molecule has 0 saturated heterocycles. The van der Waals surface area contributed by atoms with E-state index in [1.807, 2.05) is 48.5 Å². The lowest BCUT2D eigenvalue weighted by molar-refractivity contribution is 0.590. The highest BCUT2D eigenvalue weighted by Gasteiger charge is 2.45. The van der Waals surface area contributed by atoms with Crippen LogP contribution in [0.15, 0.2) is 315 Å². The first kappa shape index (κ1) is 47.5. The Kier molecular flexibility index (Phi) is 9.80. The highest BCUT2D eigenvalue weighted by atomic mass is 15.2. The fraction of sp³-hybridized carbons (Fsp3) is 0.0816. The van der Waals surface area contributed by atoms with Gasteiger partial charge < -0.3 is 23.0 Å². The van der Waals surface area contributed by atoms with Crippen LogP contribution in [0.5, 0.6) is 0 Å². The zero-order valence-corrected chi connectivity index (χ0v) is 57.8. The van der Waals surface area contributed by atoms with Crippen LogP contribution < -0.4 is 21.3 Å². The number of hydrogen-bond donors (Lipinski definition) is 0. The number of aromatic nitrogens is 4. The first-order chi connectivity index (χ1) is 56.3. The van der Waals surface area contributed by atoms with Crippen LogP contribution in [-0.4, -0.2) is 24.8 Å². The van der Waals surface area contributed by atoms with Crippen molar-refractivity contribution in [2.45, 2.75) is 52.4 Å². The Morgan fingerprint density at radius 1 is 0.288 bits per heavy atom. The van der Waals surface area contributed by atoms with E-state index in [-0.39, 0.29) is 50.3 Å². The predicted molar refractivity (Wildman–Crippen MR) is 444 cm³/mol. The molecule has 5 nitrogen and oxygen atoms in total. The molecule has 5 aromatic heterocycles. The lowest BCUT2D eigenvalue weighted by atomic mass is 9.33. The Morgan fingerprint density at radius 2 is 0.808 bits per heavy atom. The van der Waals surface area contributed by atoms with Crippen LogP contribution in [-0.2, 0) is 10.8 Å². The minimum atomic E-state index is -0.758. The number of hydrogen-bond acceptors (Lipinski definition) is 1. The van der Waals surface area contributed by atoms with Crippen molar-refractivity contribution in [1.82, 2.24) is 18.1 Å². The zero-order valence-electron chi connectivity index (χ0n) is 70.8. The molecule has 0 N–H and O–H groups in total. The number of rotatable bonds is 5. The van der Waals surface area contributed by atoms with E-state index in [0.717, 1.165) is 154 Å². The lowest BCUT2D eigenvalue weighted by Gasteiger charge is -2.41. The molecule has 0 radical (unpaired) electrons. The summed E-state index contributed by atoms with van der Waals surface area (Å²) in [6, 6.07) is 77.7. The number of anilines is 3. The summed E-state index contributed by atoms with van der Waals surface area (Å²) in [7, 11) is 0. The molecule has 22 rings (SSSR count). The van der Waals surface area contributed by atoms with Crippen molar-refractivity contribution < 1.29 is 17.8 Å². The molecule has 6 heteroatoms. The van der Waals surface area contributed by atoms with Gasteiger partial charge in [0.1, 0.15) is 0 Å². The van der Waals surface area contributed by atoms with E-state index in [1.165, 1.54) is 11.1 Å². The van der Waals surface area contributed by atoms with Gasteiger partial charge in [-0.05, 0) is 179 Å². The number of fused-ring (bicyclic) bond motifs is 24. The second-order valence-electron chi connectivity index (χ2n) is 30.2. The third-order valence-electron chi connectivity index (χ3n) is 22.5. The maximum absolute atomic E-state index is 9.87. The van der Waals surface area contributed by atoms with Gasteiger partial charge in [-0.3, -0.25) is 0 Å². The molecule has 0 aliphatic carbocycles. The maximum Gasteiger partial charge on any atom is 0.252 e. The zero-order chi connectivity index (χ0) is 80.5. The number of para-hydroxylation sites is 4. The standard InChI is InChI=1S/C98H70BN5/c1-97(2,3)63-42-49-86-77(54-63)78-55-64(98(4,5)6)43-50-87(78)100(86)66-47-51-88-79(56-66)80-52-62(60-26-11-8-12-27-60)53-82-95(80)104(88)91-58-90-92(76-36-23-35-75-71-31-16-14-29-69(71)68-28-13-15-30-70(68)72-32-17-22-39-85(72)103(90)94(75)76)96-93(91)99(82)81-48-46-67(101-83-37-20-18-33-73(83)74-34-19-21-38-84(74)101)57-89(81)102(96)65-44-40-61(41-45-65)59-24-9-7-10-25-59/h7-58H,1-6H3/i8D,11D,12D,18D,19D,20D,21D,26D,27D,33D,34D,37D,38D. The second kappa shape index (κ2) is 21.5. The summed E-state index contributed by atoms with van der Waals surface area (Å²) in [5.41, 5.74) is 17.6. The summed E-state index contributed by atoms with van der Waals surface area (Å²) >= 11 is 0. The normalized spacial score (nSPS) is 14.8. The van der Waals surface area contributed by atoms with Crippen molar-refractivity contribution in [1.29, 1.82) is 0 Å². The maximum atomic E-state index is 9.87. The molecular weight excluding hydrogens is 1260 g/mol. The molecule has 0 spiro atoms. The van der Waals surface area contributed by atoms with Crippen LogP contribution in [0.25, 0.3) is 164 Å². The smallest absolute Gasteiger partial charge is 0.252 e. The van der Waals surface area contributed by atoms with Gasteiger partial charge in [-0.15, -0.1) is 0 Å². The van der Waals surface area contributed by atoms with E-state index in [4.69, 9.17) is 4.11 Å². The fourth-order valence-corrected chi connectivity index (χ4v) is 17.8. The monoisotopic (exact) mass is 1340 g/mol. The largest absolute Gasteiger partial charge is 0.311 e. The van der Waals surface area contributed by atoms with Crippen molar-refractivity contribution in [3.63, 3.8) is 0 Å². The minimum Gasteiger partial charge on any atom is -0.311 e. The average Bonchev–Trinajstić information content (AvgIpc) is 1.53. The molecule has 0 saturated carbocycles. The summed E-state index contributed by atoms with van der Waals surface area (Å²) in [5, 5.41) is 11.8. The molecule has 7 heterocycles. The summed E-state index contributed by atoms with van der Waals surface area (Å²) in [5.74, 6) is 0. The molecule has 2 aliphatic heterocycles. The van der Waals surface area contributed by atoms with Crippen molar-refractivity contribution in [3.05, 3.63) is 326 Å². The van der Waals surface area contributed by atoms with Gasteiger partial charge in [0, 0.05) is 87.8 Å². The number of benzene rings is 15. The molecule has 15 aromatic carbocycles. The van der Waals surface area contributed by atoms with Crippen LogP contribution in [0.1, 0.15) is 70.5 Å². The molecule has 104 heavy (non-hydrogen) atoms. The van der Waals surface area contributed by atoms with Crippen LogP contribution in [0.3, 0.4) is 0 Å². The fourth-order valence-electron chi connectivity index (χ4n) is 17.8. The Bertz CT molecular complexity index is 7840. The Labute approximate surface area is 620 Å². The summed E-state index contributed by atoms with van der Waals surface area (Å²) in [6.07, 6.45) is 0. The topological polar surface area (TPSA) is 22.4 Å². The number of nitrogens with zero attached hydrogens (tertiary/aromatic N) is 5. The first-order valence-electron chi connectivity index (χ1n) is 42.1. The van der Waals surface area contributed by atoms with E-state index in [1.54, 1.807) is 4.57 Å². The van der Waals surface area contributed by atoms with Crippen molar-refractivity contribution in [2.75, 3.05) is 4.90 Å². The van der Waals surface area contributed by atoms with Gasteiger partial charge in [-0.25, -0.2) is 0 Å². The summed E-state index contributed by atoms with van der Waals surface area (Å²) in [4.78, 5) is 2.31. The van der Waals surface area contributed by atoms with Gasteiger partial charge in [0.05, 0.1) is 67.6 Å².